The highest BCUT2D eigenvalue weighted by atomic mass is 16.4. The molecule has 0 aromatic carbocycles. The van der Waals surface area contributed by atoms with Crippen molar-refractivity contribution in [3.8, 4) is 0 Å². The summed E-state index contributed by atoms with van der Waals surface area (Å²) in [5.74, 6) is 0.851. The fourth-order valence-corrected chi connectivity index (χ4v) is 1.37. The van der Waals surface area contributed by atoms with Crippen LogP contribution in [0.2, 0.25) is 0 Å². The maximum atomic E-state index is 4.25. The Morgan fingerprint density at radius 3 is 1.91 bits per heavy atom. The van der Waals surface area contributed by atoms with Gasteiger partial charge in [-0.2, -0.15) is 0 Å². The third-order valence-corrected chi connectivity index (χ3v) is 1.98. The largest absolute Gasteiger partial charge is 0.388 e. The molecule has 0 aliphatic heterocycles. The smallest absolute Gasteiger partial charge is 0.0351 e. The van der Waals surface area contributed by atoms with E-state index in [2.05, 4.69) is 17.4 Å². The third-order valence-electron chi connectivity index (χ3n) is 1.98. The van der Waals surface area contributed by atoms with Gasteiger partial charge in [-0.1, -0.05) is 25.3 Å². The van der Waals surface area contributed by atoms with Crippen LogP contribution < -0.4 is 0 Å². The highest BCUT2D eigenvalue weighted by Gasteiger charge is 2.07. The van der Waals surface area contributed by atoms with Crippen LogP contribution in [0.3, 0.4) is 0 Å². The predicted molar refractivity (Wildman–Crippen MR) is 49.7 cm³/mol. The van der Waals surface area contributed by atoms with E-state index in [0.717, 1.165) is 5.92 Å². The van der Waals surface area contributed by atoms with Gasteiger partial charge in [0.25, 0.3) is 0 Å². The molecular formula is C10H20O. The second-order valence-electron chi connectivity index (χ2n) is 3.04. The Balaban J connectivity index is 0.000000292. The van der Waals surface area contributed by atoms with Crippen LogP contribution in [0.1, 0.15) is 32.1 Å². The fourth-order valence-electron chi connectivity index (χ4n) is 1.37. The Morgan fingerprint density at radius 2 is 1.64 bits per heavy atom. The van der Waals surface area contributed by atoms with Crippen molar-refractivity contribution in [1.82, 2.24) is 0 Å². The number of rotatable bonds is 1. The molecule has 0 spiro atoms. The van der Waals surface area contributed by atoms with Crippen molar-refractivity contribution in [1.29, 1.82) is 0 Å². The summed E-state index contributed by atoms with van der Waals surface area (Å²) in [5, 5.41) is 0. The quantitative estimate of drug-likeness (QED) is 0.530. The summed E-state index contributed by atoms with van der Waals surface area (Å²) in [6.45, 7) is 3.78. The molecule has 1 nitrogen and oxygen atoms in total. The number of ether oxygens (including phenoxy) is 1. The average Bonchev–Trinajstić information content (AvgIpc) is 2.08. The minimum Gasteiger partial charge on any atom is -0.388 e. The van der Waals surface area contributed by atoms with Gasteiger partial charge in [0.2, 0.25) is 0 Å². The minimum absolute atomic E-state index is 0.851. The lowest BCUT2D eigenvalue weighted by Crippen LogP contribution is -2.01. The van der Waals surface area contributed by atoms with Crippen molar-refractivity contribution in [2.24, 2.45) is 5.92 Å². The second kappa shape index (κ2) is 7.80. The lowest BCUT2D eigenvalue weighted by Gasteiger charge is -2.16. The Hall–Kier alpha value is -0.300. The number of allylic oxidation sites excluding steroid dienone is 1. The molecule has 0 aromatic rings. The third kappa shape index (κ3) is 6.11. The summed E-state index contributed by atoms with van der Waals surface area (Å²) >= 11 is 0. The molecule has 1 aliphatic rings. The fraction of sp³-hybridized carbons (Fsp3) is 0.800. The maximum absolute atomic E-state index is 4.25. The van der Waals surface area contributed by atoms with Gasteiger partial charge < -0.3 is 4.74 Å². The number of hydrogen-bond donors (Lipinski definition) is 0. The molecule has 1 heteroatoms. The highest BCUT2D eigenvalue weighted by Crippen LogP contribution is 2.23. The van der Waals surface area contributed by atoms with Crippen LogP contribution in [-0.2, 0) is 4.74 Å². The van der Waals surface area contributed by atoms with Gasteiger partial charge in [-0.15, -0.1) is 6.58 Å². The molecule has 0 atom stereocenters. The lowest BCUT2D eigenvalue weighted by atomic mass is 9.90. The van der Waals surface area contributed by atoms with E-state index in [1.54, 1.807) is 14.2 Å². The Morgan fingerprint density at radius 1 is 1.18 bits per heavy atom. The monoisotopic (exact) mass is 156 g/mol. The zero-order valence-electron chi connectivity index (χ0n) is 7.81. The number of methoxy groups -OCH3 is 1. The van der Waals surface area contributed by atoms with Gasteiger partial charge in [-0.05, 0) is 18.8 Å². The molecule has 0 amide bonds. The molecule has 1 rings (SSSR count). The summed E-state index contributed by atoms with van der Waals surface area (Å²) in [6, 6.07) is 0. The van der Waals surface area contributed by atoms with Crippen molar-refractivity contribution in [2.75, 3.05) is 14.2 Å². The summed E-state index contributed by atoms with van der Waals surface area (Å²) in [4.78, 5) is 0. The van der Waals surface area contributed by atoms with Crippen molar-refractivity contribution >= 4 is 0 Å². The summed E-state index contributed by atoms with van der Waals surface area (Å²) in [7, 11) is 3.25. The van der Waals surface area contributed by atoms with Gasteiger partial charge >= 0.3 is 0 Å². The standard InChI is InChI=1S/C8H14.C2H6O/c1-2-8-6-4-3-5-7-8;1-3-2/h2,8H,1,3-7H2;1-2H3. The summed E-state index contributed by atoms with van der Waals surface area (Å²) in [5.41, 5.74) is 0. The first-order valence-electron chi connectivity index (χ1n) is 4.37. The molecule has 0 heterocycles. The van der Waals surface area contributed by atoms with E-state index in [0.29, 0.717) is 0 Å². The molecule has 1 fully saturated rings. The first-order valence-corrected chi connectivity index (χ1v) is 4.37. The molecule has 0 N–H and O–H groups in total. The van der Waals surface area contributed by atoms with Crippen LogP contribution in [0.25, 0.3) is 0 Å². The van der Waals surface area contributed by atoms with Gasteiger partial charge in [0, 0.05) is 14.2 Å². The van der Waals surface area contributed by atoms with E-state index in [-0.39, 0.29) is 0 Å². The molecule has 1 saturated carbocycles. The highest BCUT2D eigenvalue weighted by molar-refractivity contribution is 4.80. The van der Waals surface area contributed by atoms with Crippen molar-refractivity contribution in [3.63, 3.8) is 0 Å². The second-order valence-corrected chi connectivity index (χ2v) is 3.04. The molecule has 11 heavy (non-hydrogen) atoms. The van der Waals surface area contributed by atoms with Crippen LogP contribution in [0.15, 0.2) is 12.7 Å². The Labute approximate surface area is 70.4 Å². The van der Waals surface area contributed by atoms with Gasteiger partial charge in [0.1, 0.15) is 0 Å². The van der Waals surface area contributed by atoms with Gasteiger partial charge in [-0.25, -0.2) is 0 Å². The minimum atomic E-state index is 0.851. The van der Waals surface area contributed by atoms with E-state index in [4.69, 9.17) is 0 Å². The molecular weight excluding hydrogens is 136 g/mol. The maximum Gasteiger partial charge on any atom is 0.0351 e. The van der Waals surface area contributed by atoms with Crippen LogP contribution in [-0.4, -0.2) is 14.2 Å². The van der Waals surface area contributed by atoms with E-state index in [1.807, 2.05) is 0 Å². The van der Waals surface area contributed by atoms with Gasteiger partial charge in [-0.3, -0.25) is 0 Å². The van der Waals surface area contributed by atoms with Crippen LogP contribution >= 0.6 is 0 Å². The van der Waals surface area contributed by atoms with E-state index in [9.17, 15) is 0 Å². The van der Waals surface area contributed by atoms with Crippen LogP contribution in [0, 0.1) is 5.92 Å². The van der Waals surface area contributed by atoms with Gasteiger partial charge in [0.05, 0.1) is 0 Å². The van der Waals surface area contributed by atoms with Crippen molar-refractivity contribution in [2.45, 2.75) is 32.1 Å². The predicted octanol–water partition coefficient (Wildman–Crippen LogP) is 3.02. The molecule has 1 aliphatic carbocycles. The first kappa shape index (κ1) is 10.7. The van der Waals surface area contributed by atoms with Crippen molar-refractivity contribution < 1.29 is 4.74 Å². The van der Waals surface area contributed by atoms with Crippen molar-refractivity contribution in [3.05, 3.63) is 12.7 Å². The zero-order chi connectivity index (χ0) is 8.53. The van der Waals surface area contributed by atoms with Crippen LogP contribution in [0.4, 0.5) is 0 Å². The van der Waals surface area contributed by atoms with Crippen LogP contribution in [0.5, 0.6) is 0 Å². The normalized spacial score (nSPS) is 18.4. The molecule has 66 valence electrons. The van der Waals surface area contributed by atoms with E-state index in [1.165, 1.54) is 32.1 Å². The topological polar surface area (TPSA) is 9.23 Å². The SMILES string of the molecule is C=CC1CCCCC1.COC. The van der Waals surface area contributed by atoms with Gasteiger partial charge in [0.15, 0.2) is 0 Å². The lowest BCUT2D eigenvalue weighted by molar-refractivity contribution is 0.277. The first-order chi connectivity index (χ1) is 5.35. The summed E-state index contributed by atoms with van der Waals surface area (Å²) in [6.07, 6.45) is 9.20. The van der Waals surface area contributed by atoms with E-state index >= 15 is 0 Å². The molecule has 0 radical (unpaired) electrons. The average molecular weight is 156 g/mol. The Bertz CT molecular complexity index is 82.9. The molecule has 0 bridgehead atoms. The van der Waals surface area contributed by atoms with E-state index < -0.39 is 0 Å². The zero-order valence-corrected chi connectivity index (χ0v) is 7.81. The molecule has 0 aromatic heterocycles. The molecule has 0 saturated heterocycles. The summed E-state index contributed by atoms with van der Waals surface area (Å²) < 4.78 is 4.25. The number of hydrogen-bond acceptors (Lipinski definition) is 1. The Kier molecular flexibility index (Phi) is 7.59. The molecule has 0 unspecified atom stereocenters.